The number of thiophene rings is 1. The van der Waals surface area contributed by atoms with E-state index in [0.29, 0.717) is 29.4 Å². The quantitative estimate of drug-likeness (QED) is 0.791. The van der Waals surface area contributed by atoms with Crippen LogP contribution in [0.5, 0.6) is 0 Å². The van der Waals surface area contributed by atoms with Crippen LogP contribution >= 0.6 is 22.9 Å². The number of aryl methyl sites for hydroxylation is 1. The van der Waals surface area contributed by atoms with Crippen LogP contribution in [0.15, 0.2) is 24.4 Å². The van der Waals surface area contributed by atoms with Crippen molar-refractivity contribution in [1.29, 1.82) is 0 Å². The van der Waals surface area contributed by atoms with Crippen LogP contribution in [-0.4, -0.2) is 46.6 Å². The number of hydrogen-bond donors (Lipinski definition) is 1. The topological polar surface area (TPSA) is 71.5 Å². The molecule has 0 bridgehead atoms. The van der Waals surface area contributed by atoms with Crippen molar-refractivity contribution in [3.63, 3.8) is 0 Å². The van der Waals surface area contributed by atoms with Crippen molar-refractivity contribution in [1.82, 2.24) is 15.2 Å². The van der Waals surface area contributed by atoms with E-state index < -0.39 is 11.7 Å². The van der Waals surface area contributed by atoms with E-state index in [1.807, 2.05) is 39.8 Å². The Morgan fingerprint density at radius 3 is 2.75 bits per heavy atom. The number of rotatable bonds is 3. The van der Waals surface area contributed by atoms with Gasteiger partial charge in [0.2, 0.25) is 0 Å². The summed E-state index contributed by atoms with van der Waals surface area (Å²) in [6.45, 7) is 8.47. The van der Waals surface area contributed by atoms with Crippen molar-refractivity contribution in [3.05, 3.63) is 39.9 Å². The van der Waals surface area contributed by atoms with Gasteiger partial charge in [0.05, 0.1) is 26.5 Å². The second-order valence-electron chi connectivity index (χ2n) is 7.87. The number of nitrogens with one attached hydrogen (secondary N) is 1. The summed E-state index contributed by atoms with van der Waals surface area (Å²) in [7, 11) is 0. The normalized spacial score (nSPS) is 16.9. The first-order chi connectivity index (χ1) is 13.1. The summed E-state index contributed by atoms with van der Waals surface area (Å²) in [6, 6.07) is 5.50. The molecule has 0 radical (unpaired) electrons. The highest BCUT2D eigenvalue weighted by molar-refractivity contribution is 7.17. The van der Waals surface area contributed by atoms with Crippen molar-refractivity contribution in [2.45, 2.75) is 45.8 Å². The van der Waals surface area contributed by atoms with E-state index in [4.69, 9.17) is 16.3 Å². The summed E-state index contributed by atoms with van der Waals surface area (Å²) in [5.41, 5.74) is 1.17. The first-order valence-corrected chi connectivity index (χ1v) is 10.3. The molecule has 3 rings (SSSR count). The Hall–Kier alpha value is -2.12. The summed E-state index contributed by atoms with van der Waals surface area (Å²) >= 11 is 7.33. The third-order valence-corrected chi connectivity index (χ3v) is 5.76. The Morgan fingerprint density at radius 2 is 2.11 bits per heavy atom. The number of likely N-dealkylation sites (tertiary alicyclic amines) is 1. The van der Waals surface area contributed by atoms with Gasteiger partial charge >= 0.3 is 6.09 Å². The van der Waals surface area contributed by atoms with Crippen LogP contribution in [0.3, 0.4) is 0 Å². The molecule has 2 aromatic heterocycles. The lowest BCUT2D eigenvalue weighted by Gasteiger charge is -2.22. The number of carbonyl (C=O) groups is 2. The Kier molecular flexibility index (Phi) is 5.95. The van der Waals surface area contributed by atoms with Gasteiger partial charge in [-0.05, 0) is 57.9 Å². The van der Waals surface area contributed by atoms with E-state index in [2.05, 4.69) is 10.3 Å². The summed E-state index contributed by atoms with van der Waals surface area (Å²) in [5.74, 6) is -0.0174. The number of aromatic nitrogens is 1. The second kappa shape index (κ2) is 8.09. The number of nitrogens with zero attached hydrogens (tertiary/aromatic N) is 2. The third kappa shape index (κ3) is 5.02. The van der Waals surface area contributed by atoms with Crippen molar-refractivity contribution >= 4 is 34.9 Å². The number of hydrogen-bond acceptors (Lipinski definition) is 5. The van der Waals surface area contributed by atoms with Gasteiger partial charge in [0, 0.05) is 19.3 Å². The van der Waals surface area contributed by atoms with E-state index in [1.165, 1.54) is 11.3 Å². The summed E-state index contributed by atoms with van der Waals surface area (Å²) < 4.78 is 5.29. The maximum Gasteiger partial charge on any atom is 0.407 e. The predicted molar refractivity (Wildman–Crippen MR) is 111 cm³/mol. The number of halogens is 1. The minimum atomic E-state index is -0.543. The second-order valence-corrected chi connectivity index (χ2v) is 9.36. The highest BCUT2D eigenvalue weighted by Crippen LogP contribution is 2.32. The van der Waals surface area contributed by atoms with Gasteiger partial charge in [-0.1, -0.05) is 11.6 Å². The number of carbonyl (C=O) groups excluding carboxylic acids is 2. The molecule has 3 heterocycles. The molecular formula is C20H24ClN3O3S. The fourth-order valence-electron chi connectivity index (χ4n) is 3.02. The van der Waals surface area contributed by atoms with Gasteiger partial charge in [-0.3, -0.25) is 9.78 Å². The maximum absolute atomic E-state index is 13.0. The summed E-state index contributed by atoms with van der Waals surface area (Å²) in [6.07, 6.45) is 1.86. The molecule has 2 aromatic rings. The molecule has 1 aliphatic rings. The first kappa shape index (κ1) is 20.6. The number of amides is 2. The number of alkyl carbamates (subject to hydrolysis) is 1. The Balaban J connectivity index is 1.65. The van der Waals surface area contributed by atoms with Crippen LogP contribution < -0.4 is 5.32 Å². The molecule has 0 unspecified atom stereocenters. The molecular weight excluding hydrogens is 398 g/mol. The number of pyridine rings is 1. The van der Waals surface area contributed by atoms with E-state index in [0.717, 1.165) is 16.1 Å². The zero-order valence-electron chi connectivity index (χ0n) is 16.4. The average Bonchev–Trinajstić information content (AvgIpc) is 3.20. The standard InChI is InChI=1S/C20H24ClN3O3S/c1-12-9-16(15-6-5-13(21)10-22-15)28-17(12)18(25)24-8-7-14(11-24)23-19(26)27-20(2,3)4/h5-6,9-10,14H,7-8,11H2,1-4H3,(H,23,26)/t14-/m0/s1. The Bertz CT molecular complexity index is 874. The first-order valence-electron chi connectivity index (χ1n) is 9.13. The van der Waals surface area contributed by atoms with E-state index in [1.54, 1.807) is 17.2 Å². The Labute approximate surface area is 173 Å². The van der Waals surface area contributed by atoms with Crippen molar-refractivity contribution in [2.24, 2.45) is 0 Å². The molecule has 0 aliphatic carbocycles. The largest absolute Gasteiger partial charge is 0.444 e. The van der Waals surface area contributed by atoms with Gasteiger partial charge in [-0.15, -0.1) is 11.3 Å². The van der Waals surface area contributed by atoms with Crippen LogP contribution in [-0.2, 0) is 4.74 Å². The monoisotopic (exact) mass is 421 g/mol. The molecule has 1 fully saturated rings. The fraction of sp³-hybridized carbons (Fsp3) is 0.450. The van der Waals surface area contributed by atoms with E-state index >= 15 is 0 Å². The van der Waals surface area contributed by atoms with Gasteiger partial charge in [-0.2, -0.15) is 0 Å². The lowest BCUT2D eigenvalue weighted by Crippen LogP contribution is -2.41. The molecule has 0 saturated carbocycles. The molecule has 1 aliphatic heterocycles. The maximum atomic E-state index is 13.0. The molecule has 6 nitrogen and oxygen atoms in total. The molecule has 8 heteroatoms. The zero-order chi connectivity index (χ0) is 20.5. The predicted octanol–water partition coefficient (Wildman–Crippen LogP) is 4.51. The van der Waals surface area contributed by atoms with E-state index in [9.17, 15) is 9.59 Å². The Morgan fingerprint density at radius 1 is 1.36 bits per heavy atom. The molecule has 150 valence electrons. The minimum absolute atomic E-state index is 0.0174. The van der Waals surface area contributed by atoms with Crippen LogP contribution in [0, 0.1) is 6.92 Å². The smallest absolute Gasteiger partial charge is 0.407 e. The number of ether oxygens (including phenoxy) is 1. The molecule has 0 spiro atoms. The third-order valence-electron chi connectivity index (χ3n) is 4.29. The summed E-state index contributed by atoms with van der Waals surface area (Å²) in [5, 5.41) is 3.43. The molecule has 1 saturated heterocycles. The lowest BCUT2D eigenvalue weighted by atomic mass is 10.2. The van der Waals surface area contributed by atoms with Crippen LogP contribution in [0.4, 0.5) is 4.79 Å². The van der Waals surface area contributed by atoms with Gasteiger partial charge < -0.3 is 15.0 Å². The molecule has 2 amide bonds. The zero-order valence-corrected chi connectivity index (χ0v) is 18.0. The van der Waals surface area contributed by atoms with Crippen LogP contribution in [0.1, 0.15) is 42.4 Å². The van der Waals surface area contributed by atoms with Crippen LogP contribution in [0.2, 0.25) is 5.02 Å². The summed E-state index contributed by atoms with van der Waals surface area (Å²) in [4.78, 5) is 32.7. The van der Waals surface area contributed by atoms with Crippen molar-refractivity contribution < 1.29 is 14.3 Å². The van der Waals surface area contributed by atoms with E-state index in [-0.39, 0.29) is 11.9 Å². The van der Waals surface area contributed by atoms with Gasteiger partial charge in [0.25, 0.3) is 5.91 Å². The highest BCUT2D eigenvalue weighted by Gasteiger charge is 2.30. The average molecular weight is 422 g/mol. The lowest BCUT2D eigenvalue weighted by molar-refractivity contribution is 0.0502. The molecule has 0 aromatic carbocycles. The van der Waals surface area contributed by atoms with Gasteiger partial charge in [0.15, 0.2) is 0 Å². The van der Waals surface area contributed by atoms with Crippen LogP contribution in [0.25, 0.3) is 10.6 Å². The molecule has 1 N–H and O–H groups in total. The van der Waals surface area contributed by atoms with Gasteiger partial charge in [0.1, 0.15) is 5.60 Å². The van der Waals surface area contributed by atoms with Crippen molar-refractivity contribution in [2.75, 3.05) is 13.1 Å². The van der Waals surface area contributed by atoms with Gasteiger partial charge in [-0.25, -0.2) is 4.79 Å². The highest BCUT2D eigenvalue weighted by atomic mass is 35.5. The fourth-order valence-corrected chi connectivity index (χ4v) is 4.25. The molecule has 1 atom stereocenters. The molecule has 28 heavy (non-hydrogen) atoms. The van der Waals surface area contributed by atoms with Crippen molar-refractivity contribution in [3.8, 4) is 10.6 Å². The minimum Gasteiger partial charge on any atom is -0.444 e. The SMILES string of the molecule is Cc1cc(-c2ccc(Cl)cn2)sc1C(=O)N1CC[C@H](NC(=O)OC(C)(C)C)C1.